The molecule has 0 saturated carbocycles. The van der Waals surface area contributed by atoms with Crippen LogP contribution in [0.25, 0.3) is 0 Å². The highest BCUT2D eigenvalue weighted by atomic mass is 16.5. The molecule has 1 N–H and O–H groups in total. The number of para-hydroxylation sites is 1. The first kappa shape index (κ1) is 13.9. The largest absolute Gasteiger partial charge is 0.488 e. The van der Waals surface area contributed by atoms with E-state index in [1.54, 1.807) is 0 Å². The molecule has 2 atom stereocenters. The maximum Gasteiger partial charge on any atom is 0.123 e. The van der Waals surface area contributed by atoms with Crippen LogP contribution in [0, 0.1) is 5.41 Å². The number of nitrogens with one attached hydrogen (secondary N) is 1. The van der Waals surface area contributed by atoms with E-state index in [0.29, 0.717) is 17.6 Å². The van der Waals surface area contributed by atoms with Gasteiger partial charge < -0.3 is 10.1 Å². The van der Waals surface area contributed by atoms with Crippen molar-refractivity contribution in [3.05, 3.63) is 29.8 Å². The van der Waals surface area contributed by atoms with Crippen molar-refractivity contribution in [3.63, 3.8) is 0 Å². The normalized spacial score (nSPS) is 27.1. The Labute approximate surface area is 122 Å². The number of benzene rings is 1. The molecule has 1 aromatic rings. The highest BCUT2D eigenvalue weighted by Gasteiger charge is 2.35. The zero-order valence-corrected chi connectivity index (χ0v) is 12.9. The van der Waals surface area contributed by atoms with Gasteiger partial charge in [0.25, 0.3) is 0 Å². The third-order valence-corrected chi connectivity index (χ3v) is 4.51. The van der Waals surface area contributed by atoms with Crippen LogP contribution in [0.1, 0.15) is 26.3 Å². The summed E-state index contributed by atoms with van der Waals surface area (Å²) in [5, 5.41) is 3.53. The van der Waals surface area contributed by atoms with Gasteiger partial charge in [-0.3, -0.25) is 4.90 Å². The minimum absolute atomic E-state index is 0.304. The van der Waals surface area contributed by atoms with Gasteiger partial charge in [-0.05, 0) is 17.0 Å². The van der Waals surface area contributed by atoms with Gasteiger partial charge in [0, 0.05) is 38.6 Å². The van der Waals surface area contributed by atoms with Crippen LogP contribution in [-0.2, 0) is 6.42 Å². The van der Waals surface area contributed by atoms with E-state index in [0.717, 1.165) is 38.3 Å². The predicted molar refractivity (Wildman–Crippen MR) is 82.2 cm³/mol. The first-order valence-corrected chi connectivity index (χ1v) is 7.73. The van der Waals surface area contributed by atoms with E-state index in [1.165, 1.54) is 5.56 Å². The molecule has 1 saturated heterocycles. The lowest BCUT2D eigenvalue weighted by molar-refractivity contribution is 0.0439. The van der Waals surface area contributed by atoms with E-state index < -0.39 is 0 Å². The van der Waals surface area contributed by atoms with Crippen LogP contribution in [0.2, 0.25) is 0 Å². The van der Waals surface area contributed by atoms with Gasteiger partial charge in [-0.1, -0.05) is 39.0 Å². The van der Waals surface area contributed by atoms with Gasteiger partial charge in [0.15, 0.2) is 0 Å². The summed E-state index contributed by atoms with van der Waals surface area (Å²) < 4.78 is 6.11. The van der Waals surface area contributed by atoms with E-state index >= 15 is 0 Å². The minimum Gasteiger partial charge on any atom is -0.488 e. The summed E-state index contributed by atoms with van der Waals surface area (Å²) in [6.07, 6.45) is 1.37. The van der Waals surface area contributed by atoms with Crippen LogP contribution >= 0.6 is 0 Å². The fourth-order valence-corrected chi connectivity index (χ4v) is 3.44. The lowest BCUT2D eigenvalue weighted by Gasteiger charge is -2.44. The monoisotopic (exact) mass is 274 g/mol. The van der Waals surface area contributed by atoms with Crippen LogP contribution in [-0.4, -0.2) is 43.2 Å². The third kappa shape index (κ3) is 2.84. The summed E-state index contributed by atoms with van der Waals surface area (Å²) in [5.74, 6) is 1.08. The Balaban J connectivity index is 1.66. The molecule has 20 heavy (non-hydrogen) atoms. The molecule has 3 heteroatoms. The minimum atomic E-state index is 0.304. The van der Waals surface area contributed by atoms with Crippen LogP contribution in [0.15, 0.2) is 24.3 Å². The van der Waals surface area contributed by atoms with E-state index in [2.05, 4.69) is 55.3 Å². The summed E-state index contributed by atoms with van der Waals surface area (Å²) in [6.45, 7) is 11.3. The Morgan fingerprint density at radius 2 is 2.10 bits per heavy atom. The summed E-state index contributed by atoms with van der Waals surface area (Å²) in [5.41, 5.74) is 1.67. The Morgan fingerprint density at radius 3 is 2.85 bits per heavy atom. The molecule has 0 spiro atoms. The van der Waals surface area contributed by atoms with Crippen molar-refractivity contribution in [1.82, 2.24) is 10.2 Å². The first-order valence-electron chi connectivity index (χ1n) is 7.73. The molecule has 0 bridgehead atoms. The molecule has 0 aliphatic carbocycles. The van der Waals surface area contributed by atoms with Crippen molar-refractivity contribution in [2.75, 3.05) is 26.2 Å². The lowest BCUT2D eigenvalue weighted by Crippen LogP contribution is -2.58. The van der Waals surface area contributed by atoms with Crippen molar-refractivity contribution in [2.45, 2.75) is 39.3 Å². The van der Waals surface area contributed by atoms with Gasteiger partial charge in [0.1, 0.15) is 11.9 Å². The van der Waals surface area contributed by atoms with Crippen LogP contribution in [0.4, 0.5) is 0 Å². The molecule has 2 unspecified atom stereocenters. The van der Waals surface area contributed by atoms with Crippen LogP contribution < -0.4 is 10.1 Å². The Kier molecular flexibility index (Phi) is 3.74. The summed E-state index contributed by atoms with van der Waals surface area (Å²) >= 11 is 0. The molecule has 3 nitrogen and oxygen atoms in total. The number of piperazine rings is 1. The van der Waals surface area contributed by atoms with Crippen molar-refractivity contribution < 1.29 is 4.74 Å². The van der Waals surface area contributed by atoms with Crippen LogP contribution in [0.5, 0.6) is 5.75 Å². The zero-order chi connectivity index (χ0) is 14.2. The molecular weight excluding hydrogens is 248 g/mol. The van der Waals surface area contributed by atoms with Gasteiger partial charge in [-0.15, -0.1) is 0 Å². The number of fused-ring (bicyclic) bond motifs is 1. The maximum atomic E-state index is 6.11. The van der Waals surface area contributed by atoms with E-state index in [-0.39, 0.29) is 0 Å². The summed E-state index contributed by atoms with van der Waals surface area (Å²) in [4.78, 5) is 2.62. The van der Waals surface area contributed by atoms with Crippen molar-refractivity contribution in [3.8, 4) is 5.75 Å². The number of hydrogen-bond donors (Lipinski definition) is 1. The molecule has 2 heterocycles. The van der Waals surface area contributed by atoms with Gasteiger partial charge in [0.05, 0.1) is 0 Å². The molecule has 2 aliphatic heterocycles. The van der Waals surface area contributed by atoms with Gasteiger partial charge in [-0.25, -0.2) is 0 Å². The molecule has 1 aromatic carbocycles. The molecule has 110 valence electrons. The molecule has 3 rings (SSSR count). The number of nitrogens with zero attached hydrogens (tertiary/aromatic N) is 1. The van der Waals surface area contributed by atoms with Crippen molar-refractivity contribution in [1.29, 1.82) is 0 Å². The van der Waals surface area contributed by atoms with Gasteiger partial charge in [0.2, 0.25) is 0 Å². The molecule has 0 aromatic heterocycles. The number of hydrogen-bond acceptors (Lipinski definition) is 3. The van der Waals surface area contributed by atoms with E-state index in [4.69, 9.17) is 4.74 Å². The van der Waals surface area contributed by atoms with Gasteiger partial charge >= 0.3 is 0 Å². The molecule has 0 radical (unpaired) electrons. The summed E-state index contributed by atoms with van der Waals surface area (Å²) in [6, 6.07) is 9.03. The second-order valence-corrected chi connectivity index (χ2v) is 7.13. The number of ether oxygens (including phenoxy) is 1. The molecule has 0 amide bonds. The zero-order valence-electron chi connectivity index (χ0n) is 12.9. The van der Waals surface area contributed by atoms with Crippen LogP contribution in [0.3, 0.4) is 0 Å². The summed E-state index contributed by atoms with van der Waals surface area (Å²) in [7, 11) is 0. The standard InChI is InChI=1S/C17H26N2O/c1-17(2,3)16-11-18-8-9-19(16)12-14-10-13-6-4-5-7-15(13)20-14/h4-7,14,16,18H,8-12H2,1-3H3. The van der Waals surface area contributed by atoms with Crippen molar-refractivity contribution in [2.24, 2.45) is 5.41 Å². The fourth-order valence-electron chi connectivity index (χ4n) is 3.44. The predicted octanol–water partition coefficient (Wildman–Crippen LogP) is 2.31. The van der Waals surface area contributed by atoms with Crippen molar-refractivity contribution >= 4 is 0 Å². The van der Waals surface area contributed by atoms with E-state index in [9.17, 15) is 0 Å². The quantitative estimate of drug-likeness (QED) is 0.895. The fraction of sp³-hybridized carbons (Fsp3) is 0.647. The van der Waals surface area contributed by atoms with E-state index in [1.807, 2.05) is 0 Å². The molecule has 1 fully saturated rings. The maximum absolute atomic E-state index is 6.11. The second-order valence-electron chi connectivity index (χ2n) is 7.13. The SMILES string of the molecule is CC(C)(C)C1CNCCN1CC1Cc2ccccc2O1. The average Bonchev–Trinajstić information content (AvgIpc) is 2.80. The third-order valence-electron chi connectivity index (χ3n) is 4.51. The Morgan fingerprint density at radius 1 is 1.30 bits per heavy atom. The smallest absolute Gasteiger partial charge is 0.123 e. The highest BCUT2D eigenvalue weighted by Crippen LogP contribution is 2.31. The second kappa shape index (κ2) is 5.38. The van der Waals surface area contributed by atoms with Gasteiger partial charge in [-0.2, -0.15) is 0 Å². The lowest BCUT2D eigenvalue weighted by atomic mass is 9.84. The highest BCUT2D eigenvalue weighted by molar-refractivity contribution is 5.37. The first-order chi connectivity index (χ1) is 9.54. The number of rotatable bonds is 2. The molecular formula is C17H26N2O. The Hall–Kier alpha value is -1.06. The topological polar surface area (TPSA) is 24.5 Å². The molecule has 2 aliphatic rings. The Bertz CT molecular complexity index is 441. The average molecular weight is 274 g/mol.